The molecule has 0 atom stereocenters. The molecule has 0 fully saturated rings. The third kappa shape index (κ3) is 2.56. The standard InChI is InChI=1S/C15H11BrINO/c16-13-4-2-1-3-10(13)9-18-14-6-5-12(17)7-11(14)8-15(18)19/h1-7H,8-9H2. The molecule has 1 aliphatic rings. The van der Waals surface area contributed by atoms with Gasteiger partial charge >= 0.3 is 0 Å². The molecule has 0 saturated heterocycles. The largest absolute Gasteiger partial charge is 0.307 e. The monoisotopic (exact) mass is 427 g/mol. The number of benzene rings is 2. The maximum absolute atomic E-state index is 12.2. The Balaban J connectivity index is 1.95. The normalized spacial score (nSPS) is 13.8. The molecule has 1 aliphatic heterocycles. The van der Waals surface area contributed by atoms with E-state index in [0.717, 1.165) is 21.3 Å². The second kappa shape index (κ2) is 5.25. The molecule has 2 aromatic carbocycles. The molecule has 4 heteroatoms. The van der Waals surface area contributed by atoms with Crippen LogP contribution in [0, 0.1) is 3.57 Å². The molecule has 0 N–H and O–H groups in total. The number of carbonyl (C=O) groups excluding carboxylic acids is 1. The van der Waals surface area contributed by atoms with E-state index >= 15 is 0 Å². The van der Waals surface area contributed by atoms with Crippen molar-refractivity contribution in [1.82, 2.24) is 0 Å². The number of halogens is 2. The minimum absolute atomic E-state index is 0.174. The van der Waals surface area contributed by atoms with Crippen molar-refractivity contribution in [3.63, 3.8) is 0 Å². The Morgan fingerprint density at radius 3 is 2.79 bits per heavy atom. The SMILES string of the molecule is O=C1Cc2cc(I)ccc2N1Cc1ccccc1Br. The first-order valence-electron chi connectivity index (χ1n) is 5.97. The molecule has 1 amide bonds. The van der Waals surface area contributed by atoms with Gasteiger partial charge in [-0.25, -0.2) is 0 Å². The van der Waals surface area contributed by atoms with Gasteiger partial charge in [0.1, 0.15) is 0 Å². The molecule has 19 heavy (non-hydrogen) atoms. The van der Waals surface area contributed by atoms with Crippen molar-refractivity contribution in [3.8, 4) is 0 Å². The highest BCUT2D eigenvalue weighted by molar-refractivity contribution is 14.1. The maximum atomic E-state index is 12.2. The third-order valence-electron chi connectivity index (χ3n) is 3.26. The van der Waals surface area contributed by atoms with Crippen LogP contribution in [0.1, 0.15) is 11.1 Å². The molecular formula is C15H11BrINO. The van der Waals surface area contributed by atoms with Crippen LogP contribution < -0.4 is 4.90 Å². The van der Waals surface area contributed by atoms with Crippen LogP contribution in [0.3, 0.4) is 0 Å². The second-order valence-corrected chi connectivity index (χ2v) is 6.62. The summed E-state index contributed by atoms with van der Waals surface area (Å²) < 4.78 is 2.22. The van der Waals surface area contributed by atoms with E-state index in [1.54, 1.807) is 0 Å². The van der Waals surface area contributed by atoms with E-state index < -0.39 is 0 Å². The Bertz CT molecular complexity index is 656. The number of rotatable bonds is 2. The number of anilines is 1. The van der Waals surface area contributed by atoms with Crippen molar-refractivity contribution in [1.29, 1.82) is 0 Å². The lowest BCUT2D eigenvalue weighted by atomic mass is 10.1. The average Bonchev–Trinajstić information content (AvgIpc) is 2.68. The molecule has 0 bridgehead atoms. The van der Waals surface area contributed by atoms with Crippen molar-refractivity contribution in [3.05, 3.63) is 61.6 Å². The van der Waals surface area contributed by atoms with Crippen molar-refractivity contribution < 1.29 is 4.79 Å². The number of carbonyl (C=O) groups is 1. The predicted octanol–water partition coefficient (Wildman–Crippen LogP) is 4.14. The van der Waals surface area contributed by atoms with Gasteiger partial charge in [-0.15, -0.1) is 0 Å². The minimum atomic E-state index is 0.174. The number of hydrogen-bond acceptors (Lipinski definition) is 1. The van der Waals surface area contributed by atoms with E-state index in [0.29, 0.717) is 13.0 Å². The van der Waals surface area contributed by atoms with Crippen molar-refractivity contribution in [2.24, 2.45) is 0 Å². The fraction of sp³-hybridized carbons (Fsp3) is 0.133. The molecular weight excluding hydrogens is 417 g/mol. The fourth-order valence-corrected chi connectivity index (χ4v) is 3.29. The molecule has 0 aliphatic carbocycles. The van der Waals surface area contributed by atoms with Gasteiger partial charge in [-0.2, -0.15) is 0 Å². The van der Waals surface area contributed by atoms with Crippen LogP contribution in [0.15, 0.2) is 46.9 Å². The summed E-state index contributed by atoms with van der Waals surface area (Å²) in [7, 11) is 0. The molecule has 0 spiro atoms. The summed E-state index contributed by atoms with van der Waals surface area (Å²) in [4.78, 5) is 14.0. The Morgan fingerprint density at radius 1 is 1.21 bits per heavy atom. The van der Waals surface area contributed by atoms with E-state index in [4.69, 9.17) is 0 Å². The van der Waals surface area contributed by atoms with Crippen LogP contribution in [-0.2, 0) is 17.8 Å². The van der Waals surface area contributed by atoms with Crippen LogP contribution in [-0.4, -0.2) is 5.91 Å². The summed E-state index contributed by atoms with van der Waals surface area (Å²) in [5.74, 6) is 0.174. The first-order valence-corrected chi connectivity index (χ1v) is 7.84. The molecule has 2 nitrogen and oxygen atoms in total. The lowest BCUT2D eigenvalue weighted by Crippen LogP contribution is -2.26. The summed E-state index contributed by atoms with van der Waals surface area (Å²) in [6.07, 6.45) is 0.511. The first-order chi connectivity index (χ1) is 9.15. The molecule has 2 aromatic rings. The van der Waals surface area contributed by atoms with E-state index in [2.05, 4.69) is 44.6 Å². The molecule has 1 heterocycles. The zero-order valence-corrected chi connectivity index (χ0v) is 13.8. The highest BCUT2D eigenvalue weighted by atomic mass is 127. The van der Waals surface area contributed by atoms with Gasteiger partial charge in [-0.3, -0.25) is 4.79 Å². The van der Waals surface area contributed by atoms with Gasteiger partial charge in [-0.1, -0.05) is 34.1 Å². The van der Waals surface area contributed by atoms with Crippen LogP contribution in [0.5, 0.6) is 0 Å². The van der Waals surface area contributed by atoms with E-state index in [9.17, 15) is 4.79 Å². The quantitative estimate of drug-likeness (QED) is 0.659. The van der Waals surface area contributed by atoms with E-state index in [1.807, 2.05) is 41.3 Å². The number of fused-ring (bicyclic) bond motifs is 1. The van der Waals surface area contributed by atoms with Gasteiger partial charge < -0.3 is 4.90 Å². The summed E-state index contributed by atoms with van der Waals surface area (Å²) in [5.41, 5.74) is 3.30. The maximum Gasteiger partial charge on any atom is 0.231 e. The van der Waals surface area contributed by atoms with Crippen LogP contribution in [0.2, 0.25) is 0 Å². The van der Waals surface area contributed by atoms with Gasteiger partial charge in [0.2, 0.25) is 5.91 Å². The number of nitrogens with zero attached hydrogens (tertiary/aromatic N) is 1. The summed E-state index contributed by atoms with van der Waals surface area (Å²) >= 11 is 5.81. The van der Waals surface area contributed by atoms with Gasteiger partial charge in [0.05, 0.1) is 13.0 Å². The summed E-state index contributed by atoms with van der Waals surface area (Å²) in [6, 6.07) is 14.2. The van der Waals surface area contributed by atoms with Crippen LogP contribution in [0.25, 0.3) is 0 Å². The molecule has 96 valence electrons. The Morgan fingerprint density at radius 2 is 2.00 bits per heavy atom. The molecule has 0 unspecified atom stereocenters. The molecule has 0 saturated carbocycles. The van der Waals surface area contributed by atoms with Crippen molar-refractivity contribution in [2.75, 3.05) is 4.90 Å². The smallest absolute Gasteiger partial charge is 0.231 e. The van der Waals surface area contributed by atoms with Gasteiger partial charge in [0.25, 0.3) is 0 Å². The number of amides is 1. The third-order valence-corrected chi connectivity index (χ3v) is 4.71. The van der Waals surface area contributed by atoms with Crippen LogP contribution in [0.4, 0.5) is 5.69 Å². The van der Waals surface area contributed by atoms with Crippen molar-refractivity contribution >= 4 is 50.1 Å². The zero-order valence-electron chi connectivity index (χ0n) is 10.1. The Labute approximate surface area is 134 Å². The van der Waals surface area contributed by atoms with E-state index in [1.165, 1.54) is 3.57 Å². The number of hydrogen-bond donors (Lipinski definition) is 0. The fourth-order valence-electron chi connectivity index (χ4n) is 2.32. The minimum Gasteiger partial charge on any atom is -0.307 e. The Hall–Kier alpha value is -0.880. The van der Waals surface area contributed by atoms with Crippen LogP contribution >= 0.6 is 38.5 Å². The first kappa shape index (κ1) is 13.1. The van der Waals surface area contributed by atoms with Gasteiger partial charge in [0, 0.05) is 13.7 Å². The predicted molar refractivity (Wildman–Crippen MR) is 88.2 cm³/mol. The van der Waals surface area contributed by atoms with Gasteiger partial charge in [0.15, 0.2) is 0 Å². The van der Waals surface area contributed by atoms with Gasteiger partial charge in [-0.05, 0) is 58.0 Å². The summed E-state index contributed by atoms with van der Waals surface area (Å²) in [5, 5.41) is 0. The van der Waals surface area contributed by atoms with E-state index in [-0.39, 0.29) is 5.91 Å². The highest BCUT2D eigenvalue weighted by Gasteiger charge is 2.27. The van der Waals surface area contributed by atoms with Crippen molar-refractivity contribution in [2.45, 2.75) is 13.0 Å². The lowest BCUT2D eigenvalue weighted by molar-refractivity contribution is -0.117. The lowest BCUT2D eigenvalue weighted by Gasteiger charge is -2.18. The second-order valence-electron chi connectivity index (χ2n) is 4.52. The molecule has 3 rings (SSSR count). The Kier molecular flexibility index (Phi) is 3.62. The molecule has 0 radical (unpaired) electrons. The average molecular weight is 428 g/mol. The molecule has 0 aromatic heterocycles. The summed E-state index contributed by atoms with van der Waals surface area (Å²) in [6.45, 7) is 0.619. The highest BCUT2D eigenvalue weighted by Crippen LogP contribution is 2.32. The topological polar surface area (TPSA) is 20.3 Å². The zero-order chi connectivity index (χ0) is 13.4.